The Bertz CT molecular complexity index is 1430. The van der Waals surface area contributed by atoms with Gasteiger partial charge < -0.3 is 29.2 Å². The van der Waals surface area contributed by atoms with Gasteiger partial charge >= 0.3 is 17.9 Å². The molecule has 0 radical (unpaired) electrons. The summed E-state index contributed by atoms with van der Waals surface area (Å²) in [5, 5.41) is 23.7. The number of esters is 3. The molecule has 9 heteroatoms. The predicted octanol–water partition coefficient (Wildman–Crippen LogP) is 7.30. The Hall–Kier alpha value is -1.97. The highest BCUT2D eigenvalue weighted by Gasteiger charge is 2.71. The molecular formula is C42H66O9. The maximum atomic E-state index is 14.9. The summed E-state index contributed by atoms with van der Waals surface area (Å²) in [5.41, 5.74) is -0.348. The van der Waals surface area contributed by atoms with Crippen molar-refractivity contribution in [3.63, 3.8) is 0 Å². The number of aliphatic hydroxyl groups excluding tert-OH is 2. The molecule has 0 aromatic carbocycles. The Morgan fingerprint density at radius 2 is 1.47 bits per heavy atom. The topological polar surface area (TPSA) is 129 Å². The van der Waals surface area contributed by atoms with E-state index in [1.807, 2.05) is 6.92 Å². The highest BCUT2D eigenvalue weighted by Crippen LogP contribution is 2.76. The molecule has 6 aliphatic rings. The van der Waals surface area contributed by atoms with Crippen LogP contribution < -0.4 is 0 Å². The molecule has 0 aromatic heterocycles. The number of rotatable bonds is 5. The molecule has 1 aliphatic heterocycles. The smallest absolute Gasteiger partial charge is 0.317 e. The Labute approximate surface area is 306 Å². The number of hydrogen-bond acceptors (Lipinski definition) is 9. The lowest BCUT2D eigenvalue weighted by molar-refractivity contribution is -0.285. The van der Waals surface area contributed by atoms with Crippen molar-refractivity contribution in [3.05, 3.63) is 11.6 Å². The molecule has 0 aromatic rings. The molecule has 51 heavy (non-hydrogen) atoms. The van der Waals surface area contributed by atoms with Crippen molar-refractivity contribution in [1.29, 1.82) is 0 Å². The minimum absolute atomic E-state index is 0.0300. The van der Waals surface area contributed by atoms with E-state index in [0.717, 1.165) is 44.9 Å². The van der Waals surface area contributed by atoms with Crippen LogP contribution in [0.4, 0.5) is 0 Å². The van der Waals surface area contributed by atoms with Gasteiger partial charge in [0.05, 0.1) is 18.1 Å². The molecule has 9 nitrogen and oxygen atoms in total. The van der Waals surface area contributed by atoms with Crippen molar-refractivity contribution in [2.75, 3.05) is 0 Å². The molecule has 2 N–H and O–H groups in total. The van der Waals surface area contributed by atoms with Gasteiger partial charge in [-0.3, -0.25) is 14.4 Å². The Balaban J connectivity index is 1.36. The van der Waals surface area contributed by atoms with Gasteiger partial charge in [-0.25, -0.2) is 0 Å². The van der Waals surface area contributed by atoms with Gasteiger partial charge in [0.15, 0.2) is 6.10 Å². The first-order chi connectivity index (χ1) is 23.6. The zero-order valence-electron chi connectivity index (χ0n) is 33.2. The van der Waals surface area contributed by atoms with E-state index in [1.54, 1.807) is 6.92 Å². The van der Waals surface area contributed by atoms with E-state index in [0.29, 0.717) is 31.1 Å². The highest BCUT2D eigenvalue weighted by atomic mass is 16.7. The number of allylic oxidation sites excluding steroid dienone is 2. The standard InChI is InChI=1S/C42H66O9/c1-12-28-34(49-25(4)44)33(48-24(3)43)23(2)35(50-28)51-36(47)42-20-19-37(5,6)21-27(42)26-13-14-30-39(9)17-16-31(45)38(7,8)29(39)15-18-40(30,10)41(26,11)22-32(42)46/h13,23,27-35,45-46H,12,14-22H2,1-11H3/t23-,27+,28?,29+,30-,31+,32?,33?,34-,35-,39+,40-,41-,42-/m1/s1. The summed E-state index contributed by atoms with van der Waals surface area (Å²) in [6.07, 6.45) is 5.65. The van der Waals surface area contributed by atoms with Crippen LogP contribution in [0.25, 0.3) is 0 Å². The first kappa shape index (κ1) is 38.7. The lowest BCUT2D eigenvalue weighted by atomic mass is 9.33. The maximum Gasteiger partial charge on any atom is 0.317 e. The Morgan fingerprint density at radius 3 is 2.10 bits per heavy atom. The summed E-state index contributed by atoms with van der Waals surface area (Å²) >= 11 is 0. The molecule has 0 amide bonds. The van der Waals surface area contributed by atoms with Crippen LogP contribution in [0.3, 0.4) is 0 Å². The number of carbonyl (C=O) groups excluding carboxylic acids is 3. The van der Waals surface area contributed by atoms with Crippen LogP contribution >= 0.6 is 0 Å². The SMILES string of the molecule is CCC1O[C@H](OC(=O)[C@]23CCC(C)(C)C[C@H]2C2=CC[C@@H]4[C@@]5(C)CC[C@H](O)C(C)(C)[C@@H]5CC[C@@]4(C)[C@]2(C)CC3O)[C@H](C)C(OC(C)=O)[C@@H]1OC(C)=O. The molecule has 4 saturated carbocycles. The second-order valence-corrected chi connectivity index (χ2v) is 19.7. The van der Waals surface area contributed by atoms with E-state index >= 15 is 0 Å². The monoisotopic (exact) mass is 714 g/mol. The van der Waals surface area contributed by atoms with Crippen molar-refractivity contribution in [3.8, 4) is 0 Å². The van der Waals surface area contributed by atoms with Gasteiger partial charge in [-0.1, -0.05) is 74.0 Å². The van der Waals surface area contributed by atoms with Crippen LogP contribution in [-0.2, 0) is 33.3 Å². The quantitative estimate of drug-likeness (QED) is 0.171. The summed E-state index contributed by atoms with van der Waals surface area (Å²) in [4.78, 5) is 39.2. The third-order valence-corrected chi connectivity index (χ3v) is 16.2. The lowest BCUT2D eigenvalue weighted by Gasteiger charge is -2.71. The van der Waals surface area contributed by atoms with Crippen LogP contribution in [0.2, 0.25) is 0 Å². The minimum Gasteiger partial charge on any atom is -0.458 e. The molecular weight excluding hydrogens is 648 g/mol. The maximum absolute atomic E-state index is 14.9. The summed E-state index contributed by atoms with van der Waals surface area (Å²) in [6.45, 7) is 22.7. The fourth-order valence-corrected chi connectivity index (χ4v) is 13.1. The number of aliphatic hydroxyl groups is 2. The lowest BCUT2D eigenvalue weighted by Crippen LogP contribution is -2.68. The summed E-state index contributed by atoms with van der Waals surface area (Å²) in [5.74, 6) is -1.48. The van der Waals surface area contributed by atoms with Crippen molar-refractivity contribution < 1.29 is 43.5 Å². The van der Waals surface area contributed by atoms with Crippen molar-refractivity contribution in [2.45, 2.75) is 177 Å². The fourth-order valence-electron chi connectivity index (χ4n) is 13.1. The van der Waals surface area contributed by atoms with E-state index in [-0.39, 0.29) is 39.1 Å². The first-order valence-corrected chi connectivity index (χ1v) is 19.9. The number of carbonyl (C=O) groups is 3. The zero-order valence-corrected chi connectivity index (χ0v) is 33.2. The molecule has 14 atom stereocenters. The van der Waals surface area contributed by atoms with E-state index in [1.165, 1.54) is 19.4 Å². The van der Waals surface area contributed by atoms with E-state index in [2.05, 4.69) is 54.5 Å². The van der Waals surface area contributed by atoms with Gasteiger partial charge in [-0.05, 0) is 109 Å². The summed E-state index contributed by atoms with van der Waals surface area (Å²) in [7, 11) is 0. The fraction of sp³-hybridized carbons (Fsp3) is 0.881. The molecule has 1 saturated heterocycles. The average molecular weight is 715 g/mol. The van der Waals surface area contributed by atoms with Gasteiger partial charge in [-0.15, -0.1) is 0 Å². The molecule has 6 rings (SSSR count). The third kappa shape index (κ3) is 5.75. The Morgan fingerprint density at radius 1 is 0.824 bits per heavy atom. The molecule has 288 valence electrons. The normalized spacial score (nSPS) is 48.4. The van der Waals surface area contributed by atoms with Crippen LogP contribution in [0.5, 0.6) is 0 Å². The average Bonchev–Trinajstić information content (AvgIpc) is 3.02. The summed E-state index contributed by atoms with van der Waals surface area (Å²) in [6, 6.07) is 0. The molecule has 0 spiro atoms. The Kier molecular flexibility index (Phi) is 9.74. The molecule has 5 aliphatic carbocycles. The van der Waals surface area contributed by atoms with Gasteiger partial charge in [0, 0.05) is 13.8 Å². The van der Waals surface area contributed by atoms with Gasteiger partial charge in [0.25, 0.3) is 0 Å². The van der Waals surface area contributed by atoms with Gasteiger partial charge in [0.2, 0.25) is 6.29 Å². The van der Waals surface area contributed by atoms with Crippen LogP contribution in [0, 0.1) is 56.2 Å². The third-order valence-electron chi connectivity index (χ3n) is 16.2. The molecule has 3 unspecified atom stereocenters. The van der Waals surface area contributed by atoms with Gasteiger partial charge in [-0.2, -0.15) is 0 Å². The van der Waals surface area contributed by atoms with Gasteiger partial charge in [0.1, 0.15) is 17.6 Å². The van der Waals surface area contributed by atoms with Crippen LogP contribution in [0.1, 0.15) is 140 Å². The molecule has 0 bridgehead atoms. The van der Waals surface area contributed by atoms with Crippen LogP contribution in [0.15, 0.2) is 11.6 Å². The summed E-state index contributed by atoms with van der Waals surface area (Å²) < 4.78 is 24.1. The van der Waals surface area contributed by atoms with Crippen LogP contribution in [-0.4, -0.2) is 64.9 Å². The molecule has 1 heterocycles. The van der Waals surface area contributed by atoms with E-state index in [4.69, 9.17) is 18.9 Å². The van der Waals surface area contributed by atoms with Crippen molar-refractivity contribution in [2.24, 2.45) is 56.2 Å². The van der Waals surface area contributed by atoms with Crippen molar-refractivity contribution in [1.82, 2.24) is 0 Å². The first-order valence-electron chi connectivity index (χ1n) is 19.9. The second-order valence-electron chi connectivity index (χ2n) is 19.7. The number of hydrogen-bond donors (Lipinski definition) is 2. The molecule has 5 fully saturated rings. The number of fused-ring (bicyclic) bond motifs is 7. The van der Waals surface area contributed by atoms with E-state index < -0.39 is 59.9 Å². The zero-order chi connectivity index (χ0) is 37.7. The highest BCUT2D eigenvalue weighted by molar-refractivity contribution is 5.80. The number of ether oxygens (including phenoxy) is 4. The predicted molar refractivity (Wildman–Crippen MR) is 192 cm³/mol. The second kappa shape index (κ2) is 12.8. The van der Waals surface area contributed by atoms with Crippen molar-refractivity contribution >= 4 is 17.9 Å². The largest absolute Gasteiger partial charge is 0.458 e. The minimum atomic E-state index is -1.14. The van der Waals surface area contributed by atoms with E-state index in [9.17, 15) is 24.6 Å².